The molecule has 0 radical (unpaired) electrons. The lowest BCUT2D eigenvalue weighted by molar-refractivity contribution is -0.385. The minimum atomic E-state index is -0.515. The summed E-state index contributed by atoms with van der Waals surface area (Å²) in [6, 6.07) is 11.1. The molecule has 2 amide bonds. The van der Waals surface area contributed by atoms with Gasteiger partial charge in [0.2, 0.25) is 5.91 Å². The van der Waals surface area contributed by atoms with Crippen molar-refractivity contribution in [2.45, 2.75) is 13.8 Å². The molecule has 0 bridgehead atoms. The topological polar surface area (TPSA) is 92.6 Å². The number of nitrogens with zero attached hydrogens (tertiary/aromatic N) is 2. The molecule has 0 aliphatic rings. The van der Waals surface area contributed by atoms with E-state index in [9.17, 15) is 19.7 Å². The van der Waals surface area contributed by atoms with Crippen LogP contribution < -0.4 is 10.2 Å². The van der Waals surface area contributed by atoms with Gasteiger partial charge in [0.15, 0.2) is 0 Å². The summed E-state index contributed by atoms with van der Waals surface area (Å²) in [5.74, 6) is -0.537. The number of amides is 2. The molecule has 0 heterocycles. The van der Waals surface area contributed by atoms with Crippen LogP contribution in [-0.2, 0) is 4.79 Å². The molecule has 0 aliphatic heterocycles. The SMILES string of the molecule is CC(=O)N(C)c1ccc(NC(=O)c2ccc(C)c([N+](=O)[O-])c2)cc1. The number of nitro benzene ring substituents is 1. The molecule has 2 rings (SSSR count). The number of hydrogen-bond acceptors (Lipinski definition) is 4. The number of carbonyl (C=O) groups excluding carboxylic acids is 2. The van der Waals surface area contributed by atoms with Crippen LogP contribution in [0.25, 0.3) is 0 Å². The van der Waals surface area contributed by atoms with Gasteiger partial charge in [-0.15, -0.1) is 0 Å². The van der Waals surface area contributed by atoms with Crippen LogP contribution in [0, 0.1) is 17.0 Å². The lowest BCUT2D eigenvalue weighted by Crippen LogP contribution is -2.22. The number of hydrogen-bond donors (Lipinski definition) is 1. The predicted molar refractivity (Wildman–Crippen MR) is 91.3 cm³/mol. The molecule has 0 atom stereocenters. The molecular formula is C17H17N3O4. The Bertz CT molecular complexity index is 800. The second-order valence-corrected chi connectivity index (χ2v) is 5.34. The quantitative estimate of drug-likeness (QED) is 0.689. The van der Waals surface area contributed by atoms with E-state index in [1.54, 1.807) is 38.2 Å². The van der Waals surface area contributed by atoms with E-state index in [-0.39, 0.29) is 17.2 Å². The number of benzene rings is 2. The van der Waals surface area contributed by atoms with E-state index in [0.29, 0.717) is 16.9 Å². The van der Waals surface area contributed by atoms with E-state index < -0.39 is 10.8 Å². The highest BCUT2D eigenvalue weighted by atomic mass is 16.6. The highest BCUT2D eigenvalue weighted by Crippen LogP contribution is 2.21. The number of aryl methyl sites for hydroxylation is 1. The van der Waals surface area contributed by atoms with Crippen molar-refractivity contribution in [3.8, 4) is 0 Å². The van der Waals surface area contributed by atoms with Gasteiger partial charge in [0, 0.05) is 42.5 Å². The van der Waals surface area contributed by atoms with Gasteiger partial charge in [0.1, 0.15) is 0 Å². The number of anilines is 2. The van der Waals surface area contributed by atoms with Crippen LogP contribution in [0.5, 0.6) is 0 Å². The van der Waals surface area contributed by atoms with Crippen molar-refractivity contribution >= 4 is 28.9 Å². The van der Waals surface area contributed by atoms with Gasteiger partial charge in [0.25, 0.3) is 11.6 Å². The van der Waals surface area contributed by atoms with Crippen LogP contribution in [0.4, 0.5) is 17.1 Å². The van der Waals surface area contributed by atoms with Gasteiger partial charge in [-0.05, 0) is 37.3 Å². The molecule has 0 aromatic heterocycles. The fraction of sp³-hybridized carbons (Fsp3) is 0.176. The van der Waals surface area contributed by atoms with E-state index in [4.69, 9.17) is 0 Å². The Morgan fingerprint density at radius 1 is 1.12 bits per heavy atom. The molecule has 0 aliphatic carbocycles. The van der Waals surface area contributed by atoms with Crippen LogP contribution >= 0.6 is 0 Å². The van der Waals surface area contributed by atoms with Crippen molar-refractivity contribution in [2.24, 2.45) is 0 Å². The van der Waals surface area contributed by atoms with Crippen LogP contribution in [0.15, 0.2) is 42.5 Å². The minimum Gasteiger partial charge on any atom is -0.322 e. The highest BCUT2D eigenvalue weighted by molar-refractivity contribution is 6.04. The summed E-state index contributed by atoms with van der Waals surface area (Å²) in [7, 11) is 1.65. The van der Waals surface area contributed by atoms with Crippen molar-refractivity contribution in [1.82, 2.24) is 0 Å². The molecule has 0 fully saturated rings. The number of rotatable bonds is 4. The molecule has 24 heavy (non-hydrogen) atoms. The average Bonchev–Trinajstić information content (AvgIpc) is 2.54. The van der Waals surface area contributed by atoms with E-state index in [2.05, 4.69) is 5.32 Å². The molecule has 124 valence electrons. The van der Waals surface area contributed by atoms with Gasteiger partial charge < -0.3 is 10.2 Å². The first-order valence-electron chi connectivity index (χ1n) is 7.20. The van der Waals surface area contributed by atoms with E-state index >= 15 is 0 Å². The van der Waals surface area contributed by atoms with Gasteiger partial charge in [-0.3, -0.25) is 19.7 Å². The summed E-state index contributed by atoms with van der Waals surface area (Å²) in [4.78, 5) is 35.5. The molecule has 1 N–H and O–H groups in total. The van der Waals surface area contributed by atoms with Crippen LogP contribution in [0.2, 0.25) is 0 Å². The normalized spacial score (nSPS) is 10.1. The first-order valence-corrected chi connectivity index (χ1v) is 7.20. The zero-order valence-electron chi connectivity index (χ0n) is 13.6. The first kappa shape index (κ1) is 17.1. The maximum absolute atomic E-state index is 12.2. The second-order valence-electron chi connectivity index (χ2n) is 5.34. The third-order valence-corrected chi connectivity index (χ3v) is 3.65. The average molecular weight is 327 g/mol. The standard InChI is InChI=1S/C17H17N3O4/c1-11-4-5-13(10-16(11)20(23)24)17(22)18-14-6-8-15(9-7-14)19(3)12(2)21/h4-10H,1-3H3,(H,18,22). The van der Waals surface area contributed by atoms with Crippen molar-refractivity contribution in [2.75, 3.05) is 17.3 Å². The Kier molecular flexibility index (Phi) is 4.93. The Morgan fingerprint density at radius 3 is 2.29 bits per heavy atom. The van der Waals surface area contributed by atoms with Gasteiger partial charge in [-0.1, -0.05) is 6.07 Å². The summed E-state index contributed by atoms with van der Waals surface area (Å²) >= 11 is 0. The highest BCUT2D eigenvalue weighted by Gasteiger charge is 2.15. The van der Waals surface area contributed by atoms with Crippen molar-refractivity contribution in [1.29, 1.82) is 0 Å². The summed E-state index contributed by atoms with van der Waals surface area (Å²) in [5, 5.41) is 13.6. The number of carbonyl (C=O) groups is 2. The molecule has 0 unspecified atom stereocenters. The lowest BCUT2D eigenvalue weighted by Gasteiger charge is -2.15. The molecule has 2 aromatic carbocycles. The molecule has 0 spiro atoms. The van der Waals surface area contributed by atoms with Crippen molar-refractivity contribution < 1.29 is 14.5 Å². The van der Waals surface area contributed by atoms with Crippen molar-refractivity contribution in [3.05, 3.63) is 63.7 Å². The van der Waals surface area contributed by atoms with Gasteiger partial charge >= 0.3 is 0 Å². The Labute approximate surface area is 139 Å². The third kappa shape index (κ3) is 3.75. The Morgan fingerprint density at radius 2 is 1.75 bits per heavy atom. The predicted octanol–water partition coefficient (Wildman–Crippen LogP) is 3.14. The first-order chi connectivity index (χ1) is 11.3. The van der Waals surface area contributed by atoms with Crippen molar-refractivity contribution in [3.63, 3.8) is 0 Å². The Balaban J connectivity index is 2.17. The minimum absolute atomic E-state index is 0.0962. The maximum Gasteiger partial charge on any atom is 0.273 e. The number of nitro groups is 1. The monoisotopic (exact) mass is 327 g/mol. The lowest BCUT2D eigenvalue weighted by atomic mass is 10.1. The zero-order valence-corrected chi connectivity index (χ0v) is 13.6. The summed E-state index contributed by atoms with van der Waals surface area (Å²) in [5.41, 5.74) is 1.84. The fourth-order valence-electron chi connectivity index (χ4n) is 2.10. The molecule has 0 saturated carbocycles. The Hall–Kier alpha value is -3.22. The van der Waals surface area contributed by atoms with Crippen LogP contribution in [-0.4, -0.2) is 23.8 Å². The van der Waals surface area contributed by atoms with Crippen LogP contribution in [0.3, 0.4) is 0 Å². The van der Waals surface area contributed by atoms with E-state index in [1.165, 1.54) is 30.0 Å². The summed E-state index contributed by atoms with van der Waals surface area (Å²) in [6.07, 6.45) is 0. The molecule has 0 saturated heterocycles. The largest absolute Gasteiger partial charge is 0.322 e. The van der Waals surface area contributed by atoms with E-state index in [1.807, 2.05) is 0 Å². The summed E-state index contributed by atoms with van der Waals surface area (Å²) < 4.78 is 0. The third-order valence-electron chi connectivity index (χ3n) is 3.65. The fourth-order valence-corrected chi connectivity index (χ4v) is 2.10. The smallest absolute Gasteiger partial charge is 0.273 e. The van der Waals surface area contributed by atoms with Crippen LogP contribution in [0.1, 0.15) is 22.8 Å². The molecular weight excluding hydrogens is 310 g/mol. The number of nitrogens with one attached hydrogen (secondary N) is 1. The van der Waals surface area contributed by atoms with E-state index in [0.717, 1.165) is 0 Å². The van der Waals surface area contributed by atoms with Gasteiger partial charge in [-0.25, -0.2) is 0 Å². The molecule has 7 nitrogen and oxygen atoms in total. The second kappa shape index (κ2) is 6.91. The molecule has 7 heteroatoms. The molecule has 2 aromatic rings. The maximum atomic E-state index is 12.2. The van der Waals surface area contributed by atoms with Gasteiger partial charge in [-0.2, -0.15) is 0 Å². The van der Waals surface area contributed by atoms with Gasteiger partial charge in [0.05, 0.1) is 4.92 Å². The summed E-state index contributed by atoms with van der Waals surface area (Å²) in [6.45, 7) is 3.07. The zero-order chi connectivity index (χ0) is 17.9.